The fraction of sp³-hybridized carbons (Fsp3) is 0.312. The highest BCUT2D eigenvalue weighted by atomic mass is 16.5. The number of hydrogen-bond acceptors (Lipinski definition) is 4. The van der Waals surface area contributed by atoms with Gasteiger partial charge in [0.2, 0.25) is 5.88 Å². The number of pyridine rings is 1. The minimum absolute atomic E-state index is 0.665. The summed E-state index contributed by atoms with van der Waals surface area (Å²) in [5.41, 5.74) is 2.20. The van der Waals surface area contributed by atoms with E-state index >= 15 is 0 Å². The highest BCUT2D eigenvalue weighted by Gasteiger charge is 2.05. The van der Waals surface area contributed by atoms with Crippen molar-refractivity contribution in [3.8, 4) is 11.6 Å². The predicted molar refractivity (Wildman–Crippen MR) is 78.9 cm³/mol. The van der Waals surface area contributed by atoms with Crippen molar-refractivity contribution < 1.29 is 9.47 Å². The fourth-order valence-electron chi connectivity index (χ4n) is 2.02. The SMILES string of the molecule is CCOc1ccccc1CNCc1cccnc1OC. The smallest absolute Gasteiger partial charge is 0.217 e. The van der Waals surface area contributed by atoms with E-state index in [4.69, 9.17) is 9.47 Å². The quantitative estimate of drug-likeness (QED) is 0.841. The van der Waals surface area contributed by atoms with Crippen molar-refractivity contribution in [2.45, 2.75) is 20.0 Å². The summed E-state index contributed by atoms with van der Waals surface area (Å²) in [6, 6.07) is 12.0. The molecule has 4 heteroatoms. The van der Waals surface area contributed by atoms with Crippen LogP contribution in [0.2, 0.25) is 0 Å². The summed E-state index contributed by atoms with van der Waals surface area (Å²) in [5, 5.41) is 3.39. The van der Waals surface area contributed by atoms with Crippen LogP contribution in [-0.4, -0.2) is 18.7 Å². The maximum Gasteiger partial charge on any atom is 0.217 e. The van der Waals surface area contributed by atoms with Gasteiger partial charge in [0, 0.05) is 30.4 Å². The summed E-state index contributed by atoms with van der Waals surface area (Å²) >= 11 is 0. The van der Waals surface area contributed by atoms with Crippen molar-refractivity contribution in [1.82, 2.24) is 10.3 Å². The van der Waals surface area contributed by atoms with Crippen molar-refractivity contribution in [2.24, 2.45) is 0 Å². The highest BCUT2D eigenvalue weighted by Crippen LogP contribution is 2.18. The second-order valence-electron chi connectivity index (χ2n) is 4.32. The predicted octanol–water partition coefficient (Wildman–Crippen LogP) is 2.78. The van der Waals surface area contributed by atoms with E-state index in [1.807, 2.05) is 37.3 Å². The van der Waals surface area contributed by atoms with Gasteiger partial charge >= 0.3 is 0 Å². The van der Waals surface area contributed by atoms with Crippen LogP contribution >= 0.6 is 0 Å². The van der Waals surface area contributed by atoms with Gasteiger partial charge in [-0.2, -0.15) is 0 Å². The number of para-hydroxylation sites is 1. The van der Waals surface area contributed by atoms with Gasteiger partial charge in [0.15, 0.2) is 0 Å². The molecule has 0 bridgehead atoms. The Morgan fingerprint density at radius 3 is 2.60 bits per heavy atom. The van der Waals surface area contributed by atoms with E-state index < -0.39 is 0 Å². The molecule has 0 radical (unpaired) electrons. The molecule has 2 aromatic rings. The second kappa shape index (κ2) is 7.50. The lowest BCUT2D eigenvalue weighted by atomic mass is 10.2. The van der Waals surface area contributed by atoms with Crippen LogP contribution in [0.25, 0.3) is 0 Å². The Kier molecular flexibility index (Phi) is 5.38. The number of aromatic nitrogens is 1. The Hall–Kier alpha value is -2.07. The van der Waals surface area contributed by atoms with E-state index in [0.29, 0.717) is 19.0 Å². The number of methoxy groups -OCH3 is 1. The zero-order chi connectivity index (χ0) is 14.2. The molecule has 1 aromatic carbocycles. The van der Waals surface area contributed by atoms with Crippen molar-refractivity contribution in [3.05, 3.63) is 53.7 Å². The van der Waals surface area contributed by atoms with Gasteiger partial charge in [-0.3, -0.25) is 0 Å². The summed E-state index contributed by atoms with van der Waals surface area (Å²) in [7, 11) is 1.64. The number of hydrogen-bond donors (Lipinski definition) is 1. The van der Waals surface area contributed by atoms with E-state index in [-0.39, 0.29) is 0 Å². The molecule has 0 aliphatic carbocycles. The molecule has 106 valence electrons. The largest absolute Gasteiger partial charge is 0.494 e. The van der Waals surface area contributed by atoms with Crippen molar-refractivity contribution in [1.29, 1.82) is 0 Å². The topological polar surface area (TPSA) is 43.4 Å². The Bertz CT molecular complexity index is 544. The Morgan fingerprint density at radius 1 is 1.05 bits per heavy atom. The normalized spacial score (nSPS) is 10.3. The van der Waals surface area contributed by atoms with Crippen molar-refractivity contribution >= 4 is 0 Å². The maximum absolute atomic E-state index is 5.61. The minimum atomic E-state index is 0.665. The van der Waals surface area contributed by atoms with E-state index in [1.54, 1.807) is 13.3 Å². The molecule has 0 spiro atoms. The molecule has 1 heterocycles. The van der Waals surface area contributed by atoms with E-state index in [2.05, 4.69) is 16.4 Å². The third kappa shape index (κ3) is 3.71. The van der Waals surface area contributed by atoms with Crippen LogP contribution < -0.4 is 14.8 Å². The Morgan fingerprint density at radius 2 is 1.80 bits per heavy atom. The van der Waals surface area contributed by atoms with E-state index in [1.165, 1.54) is 0 Å². The van der Waals surface area contributed by atoms with Gasteiger partial charge < -0.3 is 14.8 Å². The fourth-order valence-corrected chi connectivity index (χ4v) is 2.02. The van der Waals surface area contributed by atoms with E-state index in [9.17, 15) is 0 Å². The van der Waals surface area contributed by atoms with Crippen LogP contribution in [-0.2, 0) is 13.1 Å². The lowest BCUT2D eigenvalue weighted by Gasteiger charge is -2.11. The van der Waals surface area contributed by atoms with Crippen LogP contribution in [0, 0.1) is 0 Å². The summed E-state index contributed by atoms with van der Waals surface area (Å²) < 4.78 is 10.8. The first-order valence-electron chi connectivity index (χ1n) is 6.74. The summed E-state index contributed by atoms with van der Waals surface area (Å²) in [6.45, 7) is 4.11. The number of benzene rings is 1. The summed E-state index contributed by atoms with van der Waals surface area (Å²) in [5.74, 6) is 1.60. The molecule has 20 heavy (non-hydrogen) atoms. The lowest BCUT2D eigenvalue weighted by Crippen LogP contribution is -2.14. The molecule has 0 fully saturated rings. The van der Waals surface area contributed by atoms with Gasteiger partial charge in [0.1, 0.15) is 5.75 Å². The molecule has 1 aromatic heterocycles. The molecule has 0 aliphatic heterocycles. The van der Waals surface area contributed by atoms with Crippen LogP contribution in [0.4, 0.5) is 0 Å². The van der Waals surface area contributed by atoms with Gasteiger partial charge in [0.25, 0.3) is 0 Å². The maximum atomic E-state index is 5.61. The summed E-state index contributed by atoms with van der Waals surface area (Å²) in [6.07, 6.45) is 1.73. The Balaban J connectivity index is 1.96. The minimum Gasteiger partial charge on any atom is -0.494 e. The molecule has 2 rings (SSSR count). The average molecular weight is 272 g/mol. The van der Waals surface area contributed by atoms with Gasteiger partial charge in [-0.15, -0.1) is 0 Å². The first-order valence-corrected chi connectivity index (χ1v) is 6.74. The molecule has 0 atom stereocenters. The van der Waals surface area contributed by atoms with Crippen molar-refractivity contribution in [2.75, 3.05) is 13.7 Å². The van der Waals surface area contributed by atoms with Crippen LogP contribution in [0.15, 0.2) is 42.6 Å². The molecule has 0 saturated carbocycles. The number of ether oxygens (including phenoxy) is 2. The molecule has 0 saturated heterocycles. The summed E-state index contributed by atoms with van der Waals surface area (Å²) in [4.78, 5) is 4.18. The molecule has 0 aliphatic rings. The third-order valence-electron chi connectivity index (χ3n) is 2.95. The zero-order valence-electron chi connectivity index (χ0n) is 11.9. The molecular formula is C16H20N2O2. The monoisotopic (exact) mass is 272 g/mol. The Labute approximate surface area is 119 Å². The van der Waals surface area contributed by atoms with Gasteiger partial charge in [-0.1, -0.05) is 24.3 Å². The van der Waals surface area contributed by atoms with Crippen LogP contribution in [0.3, 0.4) is 0 Å². The van der Waals surface area contributed by atoms with Gasteiger partial charge in [-0.25, -0.2) is 4.98 Å². The third-order valence-corrected chi connectivity index (χ3v) is 2.95. The van der Waals surface area contributed by atoms with Gasteiger partial charge in [-0.05, 0) is 19.1 Å². The van der Waals surface area contributed by atoms with Crippen LogP contribution in [0.1, 0.15) is 18.1 Å². The van der Waals surface area contributed by atoms with E-state index in [0.717, 1.165) is 23.4 Å². The standard InChI is InChI=1S/C16H20N2O2/c1-3-20-15-9-5-4-7-13(15)11-17-12-14-8-6-10-18-16(14)19-2/h4-10,17H,3,11-12H2,1-2H3. The average Bonchev–Trinajstić information content (AvgIpc) is 2.50. The second-order valence-corrected chi connectivity index (χ2v) is 4.32. The molecular weight excluding hydrogens is 252 g/mol. The first kappa shape index (κ1) is 14.3. The number of nitrogens with one attached hydrogen (secondary N) is 1. The molecule has 1 N–H and O–H groups in total. The zero-order valence-corrected chi connectivity index (χ0v) is 11.9. The highest BCUT2D eigenvalue weighted by molar-refractivity contribution is 5.33. The molecule has 0 amide bonds. The molecule has 4 nitrogen and oxygen atoms in total. The first-order chi connectivity index (χ1) is 9.85. The van der Waals surface area contributed by atoms with Crippen molar-refractivity contribution in [3.63, 3.8) is 0 Å². The number of rotatable bonds is 7. The number of nitrogens with zero attached hydrogens (tertiary/aromatic N) is 1. The van der Waals surface area contributed by atoms with Gasteiger partial charge in [0.05, 0.1) is 13.7 Å². The molecule has 0 unspecified atom stereocenters. The van der Waals surface area contributed by atoms with Crippen LogP contribution in [0.5, 0.6) is 11.6 Å². The lowest BCUT2D eigenvalue weighted by molar-refractivity contribution is 0.335.